The predicted octanol–water partition coefficient (Wildman–Crippen LogP) is 4.55. The van der Waals surface area contributed by atoms with Crippen LogP contribution in [0.5, 0.6) is 0 Å². The highest BCUT2D eigenvalue weighted by Crippen LogP contribution is 2.40. The average Bonchev–Trinajstić information content (AvgIpc) is 3.09. The highest BCUT2D eigenvalue weighted by atomic mass is 32.2. The van der Waals surface area contributed by atoms with E-state index in [1.807, 2.05) is 0 Å². The Labute approximate surface area is 199 Å². The highest BCUT2D eigenvalue weighted by Gasteiger charge is 2.41. The maximum absolute atomic E-state index is 13.4. The summed E-state index contributed by atoms with van der Waals surface area (Å²) in [6.45, 7) is 0.776. The van der Waals surface area contributed by atoms with Gasteiger partial charge in [-0.05, 0) is 43.2 Å². The van der Waals surface area contributed by atoms with Crippen LogP contribution in [0.15, 0.2) is 53.4 Å². The molecule has 0 aromatic heterocycles. The fourth-order valence-corrected chi connectivity index (χ4v) is 5.30. The lowest BCUT2D eigenvalue weighted by atomic mass is 10.2. The first-order valence-electron chi connectivity index (χ1n) is 11.1. The van der Waals surface area contributed by atoms with Gasteiger partial charge in [0.05, 0.1) is 11.3 Å². The van der Waals surface area contributed by atoms with E-state index in [-0.39, 0.29) is 11.6 Å². The summed E-state index contributed by atoms with van der Waals surface area (Å²) >= 11 is 1.17. The Morgan fingerprint density at radius 3 is 2.41 bits per heavy atom. The number of likely N-dealkylation sites (tertiary alicyclic amines) is 1. The van der Waals surface area contributed by atoms with Gasteiger partial charge < -0.3 is 15.1 Å². The molecule has 0 radical (unpaired) electrons. The Bertz CT molecular complexity index is 1080. The minimum Gasteiger partial charge on any atom is -0.341 e. The number of rotatable bonds is 4. The van der Waals surface area contributed by atoms with Crippen molar-refractivity contribution in [2.75, 3.05) is 29.9 Å². The SMILES string of the molecule is O=C(CN1C(=O)[C@@H](C(=O)N2CCCCCC2)Sc2ccccc21)Nc1cccc(C(F)(F)F)c1. The molecule has 0 unspecified atom stereocenters. The third kappa shape index (κ3) is 5.38. The molecule has 1 saturated heterocycles. The van der Waals surface area contributed by atoms with Crippen molar-refractivity contribution in [3.63, 3.8) is 0 Å². The highest BCUT2D eigenvalue weighted by molar-refractivity contribution is 8.01. The molecule has 2 aromatic rings. The number of para-hydroxylation sites is 1. The quantitative estimate of drug-likeness (QED) is 0.637. The van der Waals surface area contributed by atoms with Crippen LogP contribution in [0.3, 0.4) is 0 Å². The lowest BCUT2D eigenvalue weighted by molar-refractivity contribution is -0.137. The molecule has 1 atom stereocenters. The number of carbonyl (C=O) groups is 3. The third-order valence-electron chi connectivity index (χ3n) is 5.81. The van der Waals surface area contributed by atoms with Crippen molar-refractivity contribution in [3.8, 4) is 0 Å². The normalized spacial score (nSPS) is 18.8. The Hall–Kier alpha value is -3.01. The monoisotopic (exact) mass is 491 g/mol. The summed E-state index contributed by atoms with van der Waals surface area (Å²) in [5.41, 5.74) is -0.412. The zero-order chi connectivity index (χ0) is 24.3. The standard InChI is InChI=1S/C24H24F3N3O3S/c25-24(26,27)16-8-7-9-17(14-16)28-20(31)15-30-18-10-3-4-11-19(18)34-21(23(30)33)22(32)29-12-5-1-2-6-13-29/h3-4,7-11,14,21H,1-2,5-6,12-13,15H2,(H,28,31)/t21-/m1/s1. The summed E-state index contributed by atoms with van der Waals surface area (Å²) in [4.78, 5) is 43.0. The summed E-state index contributed by atoms with van der Waals surface area (Å²) in [5, 5.41) is 1.43. The van der Waals surface area contributed by atoms with Crippen molar-refractivity contribution in [2.24, 2.45) is 0 Å². The number of nitrogens with zero attached hydrogens (tertiary/aromatic N) is 2. The molecule has 6 nitrogen and oxygen atoms in total. The van der Waals surface area contributed by atoms with Gasteiger partial charge in [0.2, 0.25) is 11.8 Å². The van der Waals surface area contributed by atoms with Gasteiger partial charge in [-0.3, -0.25) is 14.4 Å². The molecule has 0 bridgehead atoms. The topological polar surface area (TPSA) is 69.7 Å². The predicted molar refractivity (Wildman–Crippen MR) is 124 cm³/mol. The zero-order valence-corrected chi connectivity index (χ0v) is 19.1. The number of halogens is 3. The molecule has 3 amide bonds. The van der Waals surface area contributed by atoms with Crippen LogP contribution in [-0.4, -0.2) is 47.5 Å². The number of alkyl halides is 3. The van der Waals surface area contributed by atoms with Crippen LogP contribution in [0.2, 0.25) is 0 Å². The Morgan fingerprint density at radius 2 is 1.71 bits per heavy atom. The van der Waals surface area contributed by atoms with Gasteiger partial charge in [-0.1, -0.05) is 31.0 Å². The first kappa shape index (κ1) is 24.1. The van der Waals surface area contributed by atoms with Crippen LogP contribution in [0, 0.1) is 0 Å². The molecular weight excluding hydrogens is 467 g/mol. The molecular formula is C24H24F3N3O3S. The molecule has 10 heteroatoms. The van der Waals surface area contributed by atoms with Gasteiger partial charge in [0, 0.05) is 23.7 Å². The Morgan fingerprint density at radius 1 is 1.00 bits per heavy atom. The summed E-state index contributed by atoms with van der Waals surface area (Å²) in [6.07, 6.45) is -0.685. The molecule has 2 aromatic carbocycles. The lowest BCUT2D eigenvalue weighted by Crippen LogP contribution is -2.51. The molecule has 34 heavy (non-hydrogen) atoms. The van der Waals surface area contributed by atoms with E-state index >= 15 is 0 Å². The smallest absolute Gasteiger partial charge is 0.341 e. The van der Waals surface area contributed by atoms with E-state index in [9.17, 15) is 27.6 Å². The number of nitrogens with one attached hydrogen (secondary N) is 1. The first-order chi connectivity index (χ1) is 16.2. The van der Waals surface area contributed by atoms with Gasteiger partial charge in [-0.25, -0.2) is 0 Å². The summed E-state index contributed by atoms with van der Waals surface area (Å²) in [7, 11) is 0. The molecule has 1 fully saturated rings. The lowest BCUT2D eigenvalue weighted by Gasteiger charge is -2.34. The van der Waals surface area contributed by atoms with Crippen LogP contribution in [0.25, 0.3) is 0 Å². The summed E-state index contributed by atoms with van der Waals surface area (Å²) in [5.74, 6) is -1.43. The molecule has 4 rings (SSSR count). The van der Waals surface area contributed by atoms with Gasteiger partial charge in [0.25, 0.3) is 5.91 Å². The van der Waals surface area contributed by atoms with Crippen molar-refractivity contribution in [1.29, 1.82) is 0 Å². The van der Waals surface area contributed by atoms with Crippen molar-refractivity contribution in [3.05, 3.63) is 54.1 Å². The van der Waals surface area contributed by atoms with E-state index in [1.54, 1.807) is 29.2 Å². The molecule has 2 aliphatic rings. The van der Waals surface area contributed by atoms with Gasteiger partial charge in [0.1, 0.15) is 6.54 Å². The minimum absolute atomic E-state index is 0.0239. The number of amides is 3. The Balaban J connectivity index is 1.53. The number of anilines is 2. The van der Waals surface area contributed by atoms with E-state index < -0.39 is 35.3 Å². The molecule has 2 aliphatic heterocycles. The second-order valence-corrected chi connectivity index (χ2v) is 9.40. The average molecular weight is 492 g/mol. The number of hydrogen-bond acceptors (Lipinski definition) is 4. The van der Waals surface area contributed by atoms with Crippen LogP contribution in [-0.2, 0) is 20.6 Å². The first-order valence-corrected chi connectivity index (χ1v) is 11.9. The van der Waals surface area contributed by atoms with Gasteiger partial charge in [0.15, 0.2) is 5.25 Å². The maximum Gasteiger partial charge on any atom is 0.416 e. The van der Waals surface area contributed by atoms with Crippen LogP contribution < -0.4 is 10.2 Å². The molecule has 2 heterocycles. The number of benzene rings is 2. The number of thioether (sulfide) groups is 1. The molecule has 1 N–H and O–H groups in total. The van der Waals surface area contributed by atoms with Crippen molar-refractivity contribution in [1.82, 2.24) is 4.90 Å². The maximum atomic E-state index is 13.4. The van der Waals surface area contributed by atoms with Gasteiger partial charge in [-0.2, -0.15) is 13.2 Å². The molecule has 0 saturated carbocycles. The third-order valence-corrected chi connectivity index (χ3v) is 7.05. The molecule has 180 valence electrons. The molecule has 0 aliphatic carbocycles. The van der Waals surface area contributed by atoms with Gasteiger partial charge >= 0.3 is 6.18 Å². The van der Waals surface area contributed by atoms with E-state index in [0.717, 1.165) is 37.8 Å². The van der Waals surface area contributed by atoms with Crippen molar-refractivity contribution < 1.29 is 27.6 Å². The summed E-state index contributed by atoms with van der Waals surface area (Å²) < 4.78 is 39.0. The second-order valence-electron chi connectivity index (χ2n) is 8.26. The molecule has 0 spiro atoms. The van der Waals surface area contributed by atoms with E-state index in [4.69, 9.17) is 0 Å². The summed E-state index contributed by atoms with van der Waals surface area (Å²) in [6, 6.07) is 11.3. The number of carbonyl (C=O) groups excluding carboxylic acids is 3. The fourth-order valence-electron chi connectivity index (χ4n) is 4.11. The number of fused-ring (bicyclic) bond motifs is 1. The fraction of sp³-hybridized carbons (Fsp3) is 0.375. The Kier molecular flexibility index (Phi) is 7.16. The number of hydrogen-bond donors (Lipinski definition) is 1. The van der Waals surface area contributed by atoms with Crippen LogP contribution in [0.4, 0.5) is 24.5 Å². The van der Waals surface area contributed by atoms with Crippen LogP contribution >= 0.6 is 11.8 Å². The van der Waals surface area contributed by atoms with E-state index in [2.05, 4.69) is 5.32 Å². The second kappa shape index (κ2) is 10.1. The van der Waals surface area contributed by atoms with Crippen molar-refractivity contribution >= 4 is 40.9 Å². The zero-order valence-electron chi connectivity index (χ0n) is 18.3. The van der Waals surface area contributed by atoms with Crippen LogP contribution in [0.1, 0.15) is 31.2 Å². The van der Waals surface area contributed by atoms with Gasteiger partial charge in [-0.15, -0.1) is 11.8 Å². The minimum atomic E-state index is -4.54. The van der Waals surface area contributed by atoms with E-state index in [1.165, 1.54) is 28.8 Å². The van der Waals surface area contributed by atoms with Crippen molar-refractivity contribution in [2.45, 2.75) is 42.0 Å². The van der Waals surface area contributed by atoms with E-state index in [0.29, 0.717) is 23.7 Å². The largest absolute Gasteiger partial charge is 0.416 e.